The number of aryl methyl sites for hydroxylation is 1. The first-order valence-corrected chi connectivity index (χ1v) is 6.80. The lowest BCUT2D eigenvalue weighted by Crippen LogP contribution is -2.03. The Morgan fingerprint density at radius 2 is 2.17 bits per heavy atom. The summed E-state index contributed by atoms with van der Waals surface area (Å²) in [4.78, 5) is 14.3. The van der Waals surface area contributed by atoms with Crippen LogP contribution in [0.25, 0.3) is 0 Å². The minimum absolute atomic E-state index is 0.247. The molecule has 0 fully saturated rings. The Morgan fingerprint density at radius 3 is 2.89 bits per heavy atom. The third kappa shape index (κ3) is 3.55. The maximum absolute atomic E-state index is 11.0. The van der Waals surface area contributed by atoms with Crippen LogP contribution in [0.15, 0.2) is 46.2 Å². The zero-order valence-electron chi connectivity index (χ0n) is 9.52. The lowest BCUT2D eigenvalue weighted by Gasteiger charge is -2.03. The van der Waals surface area contributed by atoms with Crippen LogP contribution in [0.3, 0.4) is 0 Å². The molecule has 1 heterocycles. The van der Waals surface area contributed by atoms with Gasteiger partial charge in [0.15, 0.2) is 5.75 Å². The second-order valence-electron chi connectivity index (χ2n) is 3.78. The van der Waals surface area contributed by atoms with Crippen molar-refractivity contribution in [3.63, 3.8) is 0 Å². The second-order valence-corrected chi connectivity index (χ2v) is 5.38. The molecule has 0 saturated heterocycles. The Balaban J connectivity index is 1.92. The van der Waals surface area contributed by atoms with E-state index in [-0.39, 0.29) is 5.75 Å². The van der Waals surface area contributed by atoms with Crippen LogP contribution in [0.4, 0.5) is 0 Å². The standard InChI is InChI=1S/C13H12ClNO2S/c14-10-3-1-2-9(6-10)4-5-18-11-7-12(16)13(17)15-8-11/h1-3,6-8,16H,4-5H2,(H,15,17). The summed E-state index contributed by atoms with van der Waals surface area (Å²) in [5.74, 6) is 0.606. The van der Waals surface area contributed by atoms with Gasteiger partial charge < -0.3 is 10.1 Å². The Labute approximate surface area is 114 Å². The molecule has 0 bridgehead atoms. The van der Waals surface area contributed by atoms with Gasteiger partial charge in [0.1, 0.15) is 0 Å². The van der Waals surface area contributed by atoms with E-state index in [1.165, 1.54) is 11.6 Å². The van der Waals surface area contributed by atoms with Crippen LogP contribution in [0.1, 0.15) is 5.56 Å². The molecule has 0 radical (unpaired) electrons. The Morgan fingerprint density at radius 1 is 1.33 bits per heavy atom. The first-order chi connectivity index (χ1) is 8.65. The van der Waals surface area contributed by atoms with Crippen molar-refractivity contribution in [2.24, 2.45) is 0 Å². The second kappa shape index (κ2) is 5.98. The molecule has 0 amide bonds. The Bertz CT molecular complexity index is 598. The zero-order valence-corrected chi connectivity index (χ0v) is 11.1. The van der Waals surface area contributed by atoms with Gasteiger partial charge in [-0.3, -0.25) is 4.79 Å². The molecule has 2 rings (SSSR count). The summed E-state index contributed by atoms with van der Waals surface area (Å²) in [6, 6.07) is 9.21. The summed E-state index contributed by atoms with van der Waals surface area (Å²) in [5, 5.41) is 10.0. The molecule has 0 aliphatic rings. The molecule has 0 spiro atoms. The highest BCUT2D eigenvalue weighted by molar-refractivity contribution is 7.99. The van der Waals surface area contributed by atoms with Crippen LogP contribution >= 0.6 is 23.4 Å². The van der Waals surface area contributed by atoms with Gasteiger partial charge in [-0.15, -0.1) is 11.8 Å². The molecule has 94 valence electrons. The van der Waals surface area contributed by atoms with Crippen LogP contribution in [0.5, 0.6) is 5.75 Å². The number of aromatic nitrogens is 1. The summed E-state index contributed by atoms with van der Waals surface area (Å²) >= 11 is 7.47. The van der Waals surface area contributed by atoms with Crippen molar-refractivity contribution in [3.05, 3.63) is 57.5 Å². The number of pyridine rings is 1. The van der Waals surface area contributed by atoms with Crippen LogP contribution in [-0.2, 0) is 6.42 Å². The van der Waals surface area contributed by atoms with Crippen molar-refractivity contribution in [1.82, 2.24) is 4.98 Å². The molecule has 18 heavy (non-hydrogen) atoms. The lowest BCUT2D eigenvalue weighted by atomic mass is 10.2. The quantitative estimate of drug-likeness (QED) is 0.847. The number of thioether (sulfide) groups is 1. The monoisotopic (exact) mass is 281 g/mol. The fourth-order valence-corrected chi connectivity index (χ4v) is 2.64. The summed E-state index contributed by atoms with van der Waals surface area (Å²) in [6.07, 6.45) is 2.48. The molecule has 0 aliphatic heterocycles. The van der Waals surface area contributed by atoms with Gasteiger partial charge in [-0.25, -0.2) is 0 Å². The Hall–Kier alpha value is -1.39. The summed E-state index contributed by atoms with van der Waals surface area (Å²) in [6.45, 7) is 0. The number of aromatic hydroxyl groups is 1. The van der Waals surface area contributed by atoms with E-state index in [0.717, 1.165) is 22.1 Å². The highest BCUT2D eigenvalue weighted by Crippen LogP contribution is 2.20. The number of aromatic amines is 1. The van der Waals surface area contributed by atoms with E-state index >= 15 is 0 Å². The van der Waals surface area contributed by atoms with Gasteiger partial charge in [0, 0.05) is 27.9 Å². The number of halogens is 1. The molecular formula is C13H12ClNO2S. The fourth-order valence-electron chi connectivity index (χ4n) is 1.52. The van der Waals surface area contributed by atoms with E-state index in [1.54, 1.807) is 18.0 Å². The molecule has 0 unspecified atom stereocenters. The summed E-state index contributed by atoms with van der Waals surface area (Å²) in [5.41, 5.74) is 0.706. The molecule has 0 atom stereocenters. The highest BCUT2D eigenvalue weighted by atomic mass is 35.5. The van der Waals surface area contributed by atoms with Gasteiger partial charge in [0.25, 0.3) is 5.56 Å². The topological polar surface area (TPSA) is 53.1 Å². The van der Waals surface area contributed by atoms with Crippen LogP contribution in [0.2, 0.25) is 5.02 Å². The van der Waals surface area contributed by atoms with Crippen molar-refractivity contribution in [2.75, 3.05) is 5.75 Å². The molecule has 3 nitrogen and oxygen atoms in total. The van der Waals surface area contributed by atoms with Gasteiger partial charge in [-0.2, -0.15) is 0 Å². The molecule has 5 heteroatoms. The van der Waals surface area contributed by atoms with Crippen molar-refractivity contribution in [1.29, 1.82) is 0 Å². The number of hydrogen-bond donors (Lipinski definition) is 2. The first-order valence-electron chi connectivity index (χ1n) is 5.44. The molecule has 2 aromatic rings. The van der Waals surface area contributed by atoms with Gasteiger partial charge in [0.2, 0.25) is 0 Å². The third-order valence-corrected chi connectivity index (χ3v) is 3.62. The minimum atomic E-state index is -0.464. The molecule has 2 N–H and O–H groups in total. The Kier molecular flexibility index (Phi) is 4.33. The molecular weight excluding hydrogens is 270 g/mol. The minimum Gasteiger partial charge on any atom is -0.503 e. The van der Waals surface area contributed by atoms with Gasteiger partial charge in [-0.05, 0) is 24.1 Å². The van der Waals surface area contributed by atoms with Crippen molar-refractivity contribution in [3.8, 4) is 5.75 Å². The van der Waals surface area contributed by atoms with E-state index in [2.05, 4.69) is 4.98 Å². The van der Waals surface area contributed by atoms with E-state index in [9.17, 15) is 9.90 Å². The van der Waals surface area contributed by atoms with Crippen LogP contribution in [-0.4, -0.2) is 15.8 Å². The van der Waals surface area contributed by atoms with Crippen molar-refractivity contribution >= 4 is 23.4 Å². The molecule has 1 aromatic carbocycles. The number of nitrogens with one attached hydrogen (secondary N) is 1. The largest absolute Gasteiger partial charge is 0.503 e. The number of H-pyrrole nitrogens is 1. The summed E-state index contributed by atoms with van der Waals surface area (Å²) < 4.78 is 0. The highest BCUT2D eigenvalue weighted by Gasteiger charge is 2.01. The average Bonchev–Trinajstić information content (AvgIpc) is 2.34. The average molecular weight is 282 g/mol. The zero-order chi connectivity index (χ0) is 13.0. The maximum Gasteiger partial charge on any atom is 0.290 e. The van der Waals surface area contributed by atoms with Crippen LogP contribution in [0, 0.1) is 0 Å². The van der Waals surface area contributed by atoms with E-state index < -0.39 is 5.56 Å². The van der Waals surface area contributed by atoms with E-state index in [0.29, 0.717) is 0 Å². The van der Waals surface area contributed by atoms with Gasteiger partial charge in [0.05, 0.1) is 0 Å². The first kappa shape index (κ1) is 13.1. The lowest BCUT2D eigenvalue weighted by molar-refractivity contribution is 0.464. The van der Waals surface area contributed by atoms with Crippen molar-refractivity contribution < 1.29 is 5.11 Å². The third-order valence-electron chi connectivity index (χ3n) is 2.41. The number of benzene rings is 1. The smallest absolute Gasteiger partial charge is 0.290 e. The SMILES string of the molecule is O=c1[nH]cc(SCCc2cccc(Cl)c2)cc1O. The summed E-state index contributed by atoms with van der Waals surface area (Å²) in [7, 11) is 0. The number of rotatable bonds is 4. The maximum atomic E-state index is 11.0. The normalized spacial score (nSPS) is 10.5. The predicted octanol–water partition coefficient (Wildman–Crippen LogP) is 3.07. The van der Waals surface area contributed by atoms with Gasteiger partial charge >= 0.3 is 0 Å². The molecule has 0 saturated carbocycles. The number of hydrogen-bond acceptors (Lipinski definition) is 3. The van der Waals surface area contributed by atoms with E-state index in [4.69, 9.17) is 11.6 Å². The van der Waals surface area contributed by atoms with Crippen molar-refractivity contribution in [2.45, 2.75) is 11.3 Å². The fraction of sp³-hybridized carbons (Fsp3) is 0.154. The molecule has 0 aliphatic carbocycles. The van der Waals surface area contributed by atoms with Gasteiger partial charge in [-0.1, -0.05) is 23.7 Å². The van der Waals surface area contributed by atoms with Crippen LogP contribution < -0.4 is 5.56 Å². The predicted molar refractivity (Wildman–Crippen MR) is 74.6 cm³/mol. The molecule has 1 aromatic heterocycles. The van der Waals surface area contributed by atoms with E-state index in [1.807, 2.05) is 24.3 Å².